The standard InChI is InChI=1S/C22H27F5O/c1-2-3-14-4-6-15(7-5-14)16-8-10-17(11-9-16)22(26,27)28-18-12-19(23)21(25)20(24)13-18/h6,12-14,16-17H,2-5,7-11H2,1H3. The summed E-state index contributed by atoms with van der Waals surface area (Å²) in [6, 6.07) is 0.912. The van der Waals surface area contributed by atoms with Gasteiger partial charge in [-0.1, -0.05) is 31.4 Å². The minimum absolute atomic E-state index is 0.291. The third-order valence-corrected chi connectivity index (χ3v) is 6.19. The van der Waals surface area contributed by atoms with Crippen LogP contribution in [0.1, 0.15) is 64.7 Å². The van der Waals surface area contributed by atoms with Gasteiger partial charge in [-0.05, 0) is 56.8 Å². The summed E-state index contributed by atoms with van der Waals surface area (Å²) in [4.78, 5) is 0. The summed E-state index contributed by atoms with van der Waals surface area (Å²) in [5, 5.41) is 0. The van der Waals surface area contributed by atoms with E-state index in [9.17, 15) is 22.0 Å². The Labute approximate surface area is 163 Å². The monoisotopic (exact) mass is 402 g/mol. The van der Waals surface area contributed by atoms with Gasteiger partial charge in [-0.25, -0.2) is 13.2 Å². The number of alkyl halides is 2. The van der Waals surface area contributed by atoms with Crippen LogP contribution < -0.4 is 4.74 Å². The summed E-state index contributed by atoms with van der Waals surface area (Å²) in [6.07, 6.45) is 6.44. The molecule has 3 rings (SSSR count). The van der Waals surface area contributed by atoms with Crippen molar-refractivity contribution in [3.05, 3.63) is 41.2 Å². The summed E-state index contributed by atoms with van der Waals surface area (Å²) in [6.45, 7) is 2.19. The Morgan fingerprint density at radius 3 is 2.18 bits per heavy atom. The van der Waals surface area contributed by atoms with Crippen LogP contribution in [0.2, 0.25) is 0 Å². The van der Waals surface area contributed by atoms with E-state index in [0.717, 1.165) is 18.8 Å². The zero-order valence-corrected chi connectivity index (χ0v) is 16.1. The first-order valence-corrected chi connectivity index (χ1v) is 10.2. The lowest BCUT2D eigenvalue weighted by atomic mass is 9.74. The highest BCUT2D eigenvalue weighted by Crippen LogP contribution is 2.44. The molecule has 1 unspecified atom stereocenters. The molecular formula is C22H27F5O. The predicted molar refractivity (Wildman–Crippen MR) is 97.7 cm³/mol. The van der Waals surface area contributed by atoms with Crippen molar-refractivity contribution in [3.8, 4) is 5.75 Å². The van der Waals surface area contributed by atoms with Crippen molar-refractivity contribution < 1.29 is 26.7 Å². The molecule has 1 fully saturated rings. The fourth-order valence-electron chi connectivity index (χ4n) is 4.58. The van der Waals surface area contributed by atoms with Crippen molar-refractivity contribution in [2.24, 2.45) is 17.8 Å². The SMILES string of the molecule is CCCC1CC=C(C2CCC(C(F)(F)Oc3cc(F)c(F)c(F)c3)CC2)CC1. The number of benzene rings is 1. The summed E-state index contributed by atoms with van der Waals surface area (Å²) in [5.74, 6) is -5.40. The van der Waals surface area contributed by atoms with Crippen LogP contribution in [0.5, 0.6) is 5.75 Å². The van der Waals surface area contributed by atoms with Crippen molar-refractivity contribution in [2.45, 2.75) is 70.8 Å². The molecule has 1 saturated carbocycles. The molecule has 28 heavy (non-hydrogen) atoms. The van der Waals surface area contributed by atoms with E-state index in [1.54, 1.807) is 0 Å². The third kappa shape index (κ3) is 4.87. The number of hydrogen-bond donors (Lipinski definition) is 0. The molecule has 0 heterocycles. The van der Waals surface area contributed by atoms with E-state index in [2.05, 4.69) is 17.7 Å². The highest BCUT2D eigenvalue weighted by Gasteiger charge is 2.44. The highest BCUT2D eigenvalue weighted by atomic mass is 19.3. The van der Waals surface area contributed by atoms with E-state index in [0.29, 0.717) is 43.7 Å². The number of halogens is 5. The van der Waals surface area contributed by atoms with E-state index in [1.807, 2.05) is 0 Å². The predicted octanol–water partition coefficient (Wildman–Crippen LogP) is 7.41. The van der Waals surface area contributed by atoms with Gasteiger partial charge >= 0.3 is 6.11 Å². The maximum atomic E-state index is 14.5. The first-order chi connectivity index (χ1) is 13.3. The van der Waals surface area contributed by atoms with E-state index in [4.69, 9.17) is 0 Å². The van der Waals surface area contributed by atoms with Gasteiger partial charge < -0.3 is 4.74 Å². The first-order valence-electron chi connectivity index (χ1n) is 10.2. The number of ether oxygens (including phenoxy) is 1. The van der Waals surface area contributed by atoms with Crippen LogP contribution in [0.15, 0.2) is 23.8 Å². The van der Waals surface area contributed by atoms with Crippen LogP contribution in [0.4, 0.5) is 22.0 Å². The molecule has 0 radical (unpaired) electrons. The highest BCUT2D eigenvalue weighted by molar-refractivity contribution is 5.25. The van der Waals surface area contributed by atoms with Gasteiger partial charge in [0.25, 0.3) is 0 Å². The van der Waals surface area contributed by atoms with Gasteiger partial charge in [0.15, 0.2) is 17.5 Å². The second-order valence-electron chi connectivity index (χ2n) is 8.12. The maximum absolute atomic E-state index is 14.5. The molecule has 0 saturated heterocycles. The Hall–Kier alpha value is -1.59. The zero-order chi connectivity index (χ0) is 20.3. The van der Waals surface area contributed by atoms with E-state index in [-0.39, 0.29) is 0 Å². The van der Waals surface area contributed by atoms with E-state index < -0.39 is 35.2 Å². The minimum atomic E-state index is -3.55. The Kier molecular flexibility index (Phi) is 6.66. The largest absolute Gasteiger partial charge is 0.432 e. The normalized spacial score (nSPS) is 26.1. The van der Waals surface area contributed by atoms with E-state index >= 15 is 0 Å². The first kappa shape index (κ1) is 21.1. The van der Waals surface area contributed by atoms with Gasteiger partial charge in [0.1, 0.15) is 5.75 Å². The van der Waals surface area contributed by atoms with Gasteiger partial charge in [-0.2, -0.15) is 8.78 Å². The van der Waals surface area contributed by atoms with Crippen molar-refractivity contribution in [2.75, 3.05) is 0 Å². The van der Waals surface area contributed by atoms with Crippen LogP contribution in [0.3, 0.4) is 0 Å². The molecule has 0 spiro atoms. The minimum Gasteiger partial charge on any atom is -0.432 e. The third-order valence-electron chi connectivity index (χ3n) is 6.19. The molecule has 1 aromatic carbocycles. The lowest BCUT2D eigenvalue weighted by molar-refractivity contribution is -0.223. The number of allylic oxidation sites excluding steroid dienone is 2. The lowest BCUT2D eigenvalue weighted by Gasteiger charge is -2.35. The average Bonchev–Trinajstić information content (AvgIpc) is 2.67. The van der Waals surface area contributed by atoms with Gasteiger partial charge in [0.05, 0.1) is 5.92 Å². The zero-order valence-electron chi connectivity index (χ0n) is 16.1. The van der Waals surface area contributed by atoms with Crippen molar-refractivity contribution >= 4 is 0 Å². The molecular weight excluding hydrogens is 375 g/mol. The molecule has 2 aliphatic carbocycles. The summed E-state index contributed by atoms with van der Waals surface area (Å²) >= 11 is 0. The quantitative estimate of drug-likeness (QED) is 0.273. The van der Waals surface area contributed by atoms with Crippen LogP contribution in [-0.4, -0.2) is 6.11 Å². The Balaban J connectivity index is 1.56. The molecule has 2 aliphatic rings. The smallest absolute Gasteiger partial charge is 0.400 e. The molecule has 0 bridgehead atoms. The number of hydrogen-bond acceptors (Lipinski definition) is 1. The molecule has 1 aromatic rings. The second-order valence-corrected chi connectivity index (χ2v) is 8.12. The van der Waals surface area contributed by atoms with Gasteiger partial charge in [0, 0.05) is 12.1 Å². The summed E-state index contributed by atoms with van der Waals surface area (Å²) in [5.41, 5.74) is 1.40. The average molecular weight is 402 g/mol. The van der Waals surface area contributed by atoms with Crippen molar-refractivity contribution in [3.63, 3.8) is 0 Å². The van der Waals surface area contributed by atoms with Crippen LogP contribution >= 0.6 is 0 Å². The molecule has 0 aliphatic heterocycles. The summed E-state index contributed by atoms with van der Waals surface area (Å²) in [7, 11) is 0. The number of rotatable bonds is 6. The molecule has 1 atom stereocenters. The van der Waals surface area contributed by atoms with Crippen molar-refractivity contribution in [1.82, 2.24) is 0 Å². The van der Waals surface area contributed by atoms with Gasteiger partial charge in [-0.15, -0.1) is 0 Å². The topological polar surface area (TPSA) is 9.23 Å². The Bertz CT molecular complexity index is 684. The van der Waals surface area contributed by atoms with Gasteiger partial charge in [0.2, 0.25) is 0 Å². The Morgan fingerprint density at radius 1 is 1.00 bits per heavy atom. The maximum Gasteiger partial charge on any atom is 0.400 e. The van der Waals surface area contributed by atoms with Crippen LogP contribution in [-0.2, 0) is 0 Å². The molecule has 0 amide bonds. The van der Waals surface area contributed by atoms with Crippen LogP contribution in [0.25, 0.3) is 0 Å². The molecule has 0 N–H and O–H groups in total. The van der Waals surface area contributed by atoms with E-state index in [1.165, 1.54) is 24.8 Å². The molecule has 6 heteroatoms. The lowest BCUT2D eigenvalue weighted by Crippen LogP contribution is -2.37. The molecule has 0 aromatic heterocycles. The molecule has 156 valence electrons. The fourth-order valence-corrected chi connectivity index (χ4v) is 4.58. The Morgan fingerprint density at radius 2 is 1.64 bits per heavy atom. The van der Waals surface area contributed by atoms with Gasteiger partial charge in [-0.3, -0.25) is 0 Å². The van der Waals surface area contributed by atoms with Crippen LogP contribution in [0, 0.1) is 35.2 Å². The fraction of sp³-hybridized carbons (Fsp3) is 0.636. The second kappa shape index (κ2) is 8.83. The summed E-state index contributed by atoms with van der Waals surface area (Å²) < 4.78 is 73.0. The molecule has 1 nitrogen and oxygen atoms in total. The van der Waals surface area contributed by atoms with Crippen molar-refractivity contribution in [1.29, 1.82) is 0 Å².